The van der Waals surface area contributed by atoms with Crippen LogP contribution in [0, 0.1) is 5.92 Å². The highest BCUT2D eigenvalue weighted by molar-refractivity contribution is 7.92. The molecule has 1 aliphatic rings. The minimum Gasteiger partial charge on any atom is -0.497 e. The van der Waals surface area contributed by atoms with Crippen LogP contribution in [0.2, 0.25) is 5.02 Å². The van der Waals surface area contributed by atoms with Gasteiger partial charge in [0, 0.05) is 24.5 Å². The standard InChI is InChI=1S/C27H26ClF3N2O5S/c1-38-22-13-19(12-21(28)16-22)18-5-6-25(33-9-7-17(8-10-33)11-26(34)35)24(14-18)32-39(36,37)23-4-2-3-20(15-23)27(29,30)31/h2-6,12-17,32H,7-11H2,1H3,(H,34,35). The van der Waals surface area contributed by atoms with Gasteiger partial charge in [0.25, 0.3) is 10.0 Å². The molecule has 7 nitrogen and oxygen atoms in total. The molecule has 2 N–H and O–H groups in total. The topological polar surface area (TPSA) is 95.9 Å². The van der Waals surface area contributed by atoms with E-state index in [2.05, 4.69) is 4.72 Å². The normalized spacial score (nSPS) is 14.7. The van der Waals surface area contributed by atoms with Gasteiger partial charge in [0.05, 0.1) is 28.9 Å². The van der Waals surface area contributed by atoms with Gasteiger partial charge in [0.1, 0.15) is 5.75 Å². The Morgan fingerprint density at radius 3 is 2.44 bits per heavy atom. The summed E-state index contributed by atoms with van der Waals surface area (Å²) in [6.07, 6.45) is -3.46. The van der Waals surface area contributed by atoms with E-state index in [1.165, 1.54) is 7.11 Å². The number of aliphatic carboxylic acids is 1. The van der Waals surface area contributed by atoms with Gasteiger partial charge in [-0.2, -0.15) is 13.2 Å². The van der Waals surface area contributed by atoms with Crippen LogP contribution in [0.5, 0.6) is 5.75 Å². The molecule has 3 aromatic rings. The lowest BCUT2D eigenvalue weighted by Crippen LogP contribution is -2.35. The van der Waals surface area contributed by atoms with E-state index in [-0.39, 0.29) is 18.0 Å². The number of carbonyl (C=O) groups is 1. The Bertz CT molecular complexity index is 1470. The zero-order valence-electron chi connectivity index (χ0n) is 20.8. The molecule has 0 spiro atoms. The number of anilines is 2. The number of hydrogen-bond acceptors (Lipinski definition) is 5. The Balaban J connectivity index is 1.73. The monoisotopic (exact) mass is 582 g/mol. The van der Waals surface area contributed by atoms with Crippen LogP contribution in [0.3, 0.4) is 0 Å². The Kier molecular flexibility index (Phi) is 8.31. The fourth-order valence-corrected chi connectivity index (χ4v) is 5.92. The first-order valence-electron chi connectivity index (χ1n) is 12.0. The zero-order valence-corrected chi connectivity index (χ0v) is 22.4. The maximum atomic E-state index is 13.3. The number of nitrogens with zero attached hydrogens (tertiary/aromatic N) is 1. The average Bonchev–Trinajstić information content (AvgIpc) is 2.88. The van der Waals surface area contributed by atoms with Crippen molar-refractivity contribution in [1.82, 2.24) is 0 Å². The van der Waals surface area contributed by atoms with Crippen molar-refractivity contribution >= 4 is 39.0 Å². The maximum absolute atomic E-state index is 13.3. The second-order valence-corrected chi connectivity index (χ2v) is 11.4. The number of carboxylic acids is 1. The van der Waals surface area contributed by atoms with Crippen LogP contribution >= 0.6 is 11.6 Å². The van der Waals surface area contributed by atoms with Gasteiger partial charge < -0.3 is 14.7 Å². The Labute approximate surface area is 229 Å². The van der Waals surface area contributed by atoms with Crippen LogP contribution in [-0.2, 0) is 21.0 Å². The summed E-state index contributed by atoms with van der Waals surface area (Å²) in [5, 5.41) is 9.52. The van der Waals surface area contributed by atoms with Crippen molar-refractivity contribution in [2.45, 2.75) is 30.3 Å². The summed E-state index contributed by atoms with van der Waals surface area (Å²) < 4.78 is 74.1. The smallest absolute Gasteiger partial charge is 0.416 e. The third-order valence-electron chi connectivity index (χ3n) is 6.57. The van der Waals surface area contributed by atoms with E-state index in [9.17, 15) is 26.4 Å². The molecule has 0 amide bonds. The highest BCUT2D eigenvalue weighted by Crippen LogP contribution is 2.38. The van der Waals surface area contributed by atoms with Crippen LogP contribution < -0.4 is 14.4 Å². The van der Waals surface area contributed by atoms with Gasteiger partial charge in [-0.3, -0.25) is 9.52 Å². The maximum Gasteiger partial charge on any atom is 0.416 e. The number of nitrogens with one attached hydrogen (secondary N) is 1. The number of alkyl halides is 3. The summed E-state index contributed by atoms with van der Waals surface area (Å²) in [7, 11) is -2.92. The van der Waals surface area contributed by atoms with Gasteiger partial charge in [-0.25, -0.2) is 8.42 Å². The molecule has 1 saturated heterocycles. The van der Waals surface area contributed by atoms with E-state index in [0.29, 0.717) is 59.6 Å². The van der Waals surface area contributed by atoms with E-state index in [1.807, 2.05) is 4.90 Å². The lowest BCUT2D eigenvalue weighted by atomic mass is 9.93. The zero-order chi connectivity index (χ0) is 28.4. The molecule has 1 heterocycles. The molecule has 12 heteroatoms. The molecule has 39 heavy (non-hydrogen) atoms. The van der Waals surface area contributed by atoms with E-state index in [1.54, 1.807) is 36.4 Å². The van der Waals surface area contributed by atoms with Crippen LogP contribution in [-0.4, -0.2) is 39.7 Å². The van der Waals surface area contributed by atoms with Crippen LogP contribution in [0.25, 0.3) is 11.1 Å². The summed E-state index contributed by atoms with van der Waals surface area (Å²) in [4.78, 5) is 12.5. The SMILES string of the molecule is COc1cc(Cl)cc(-c2ccc(N3CCC(CC(=O)O)CC3)c(NS(=O)(=O)c3cccc(C(F)(F)F)c3)c2)c1. The average molecular weight is 583 g/mol. The van der Waals surface area contributed by atoms with Crippen LogP contribution in [0.4, 0.5) is 24.5 Å². The van der Waals surface area contributed by atoms with Gasteiger partial charge in [-0.1, -0.05) is 23.7 Å². The van der Waals surface area contributed by atoms with E-state index in [0.717, 1.165) is 18.2 Å². The molecule has 208 valence electrons. The molecule has 4 rings (SSSR count). The van der Waals surface area contributed by atoms with Crippen molar-refractivity contribution in [1.29, 1.82) is 0 Å². The van der Waals surface area contributed by atoms with Crippen LogP contribution in [0.1, 0.15) is 24.8 Å². The molecular weight excluding hydrogens is 557 g/mol. The molecule has 3 aromatic carbocycles. The van der Waals surface area contributed by atoms with Crippen molar-refractivity contribution in [2.75, 3.05) is 29.8 Å². The van der Waals surface area contributed by atoms with Gasteiger partial charge in [-0.15, -0.1) is 0 Å². The molecule has 0 bridgehead atoms. The quantitative estimate of drug-likeness (QED) is 0.314. The number of benzene rings is 3. The summed E-state index contributed by atoms with van der Waals surface area (Å²) in [6, 6.07) is 13.7. The number of sulfonamides is 1. The minimum absolute atomic E-state index is 0.00204. The molecule has 0 saturated carbocycles. The first kappa shape index (κ1) is 28.6. The van der Waals surface area contributed by atoms with Crippen molar-refractivity contribution in [3.8, 4) is 16.9 Å². The Morgan fingerprint density at radius 2 is 1.79 bits per heavy atom. The van der Waals surface area contributed by atoms with E-state index >= 15 is 0 Å². The first-order valence-corrected chi connectivity index (χ1v) is 13.9. The van der Waals surface area contributed by atoms with E-state index in [4.69, 9.17) is 21.4 Å². The molecule has 1 fully saturated rings. The molecular formula is C27H26ClF3N2O5S. The lowest BCUT2D eigenvalue weighted by molar-refractivity contribution is -0.139. The first-order chi connectivity index (χ1) is 18.4. The fraction of sp³-hybridized carbons (Fsp3) is 0.296. The molecule has 0 aromatic heterocycles. The molecule has 0 radical (unpaired) electrons. The summed E-state index contributed by atoms with van der Waals surface area (Å²) in [5.74, 6) is -0.375. The minimum atomic E-state index is -4.71. The number of methoxy groups -OCH3 is 1. The largest absolute Gasteiger partial charge is 0.497 e. The second kappa shape index (κ2) is 11.4. The fourth-order valence-electron chi connectivity index (χ4n) is 4.59. The Morgan fingerprint density at radius 1 is 1.08 bits per heavy atom. The number of halogens is 4. The molecule has 0 atom stereocenters. The third kappa shape index (κ3) is 6.96. The van der Waals surface area contributed by atoms with Gasteiger partial charge >= 0.3 is 12.1 Å². The van der Waals surface area contributed by atoms with Crippen molar-refractivity contribution in [3.63, 3.8) is 0 Å². The summed E-state index contributed by atoms with van der Waals surface area (Å²) >= 11 is 6.23. The van der Waals surface area contributed by atoms with Crippen molar-refractivity contribution < 1.29 is 36.2 Å². The predicted molar refractivity (Wildman–Crippen MR) is 143 cm³/mol. The third-order valence-corrected chi connectivity index (χ3v) is 8.15. The number of carboxylic acid groups (broad SMARTS) is 1. The number of ether oxygens (including phenoxy) is 1. The summed E-state index contributed by atoms with van der Waals surface area (Å²) in [5.41, 5.74) is 0.858. The molecule has 1 aliphatic heterocycles. The molecule has 0 aliphatic carbocycles. The highest BCUT2D eigenvalue weighted by Gasteiger charge is 2.32. The lowest BCUT2D eigenvalue weighted by Gasteiger charge is -2.34. The van der Waals surface area contributed by atoms with E-state index < -0.39 is 32.6 Å². The van der Waals surface area contributed by atoms with Crippen molar-refractivity contribution in [2.24, 2.45) is 5.92 Å². The predicted octanol–water partition coefficient (Wildman–Crippen LogP) is 6.53. The number of rotatable bonds is 8. The highest BCUT2D eigenvalue weighted by atomic mass is 35.5. The molecule has 0 unspecified atom stereocenters. The van der Waals surface area contributed by atoms with Gasteiger partial charge in [0.2, 0.25) is 0 Å². The van der Waals surface area contributed by atoms with Gasteiger partial charge in [0.15, 0.2) is 0 Å². The van der Waals surface area contributed by atoms with Crippen molar-refractivity contribution in [3.05, 3.63) is 71.2 Å². The number of piperidine rings is 1. The van der Waals surface area contributed by atoms with Crippen LogP contribution in [0.15, 0.2) is 65.6 Å². The Hall–Kier alpha value is -3.44. The van der Waals surface area contributed by atoms with Gasteiger partial charge in [-0.05, 0) is 78.4 Å². The number of hydrogen-bond donors (Lipinski definition) is 2. The second-order valence-electron chi connectivity index (χ2n) is 9.27. The summed E-state index contributed by atoms with van der Waals surface area (Å²) in [6.45, 7) is 0.973.